The minimum absolute atomic E-state index is 0.401. The summed E-state index contributed by atoms with van der Waals surface area (Å²) in [6, 6.07) is 5.69. The van der Waals surface area contributed by atoms with Crippen LogP contribution < -0.4 is 4.74 Å². The minimum atomic E-state index is 0.401. The molecule has 0 spiro atoms. The number of halogens is 1. The van der Waals surface area contributed by atoms with Crippen LogP contribution in [-0.2, 0) is 11.2 Å². The van der Waals surface area contributed by atoms with Crippen LogP contribution in [0.25, 0.3) is 0 Å². The Balaban J connectivity index is 2.12. The van der Waals surface area contributed by atoms with E-state index in [4.69, 9.17) is 16.3 Å². The molecule has 1 aliphatic carbocycles. The van der Waals surface area contributed by atoms with Gasteiger partial charge in [-0.15, -0.1) is 0 Å². The number of carbonyl (C=O) groups is 1. The first-order chi connectivity index (χ1) is 8.69. The normalized spacial score (nSPS) is 20.6. The van der Waals surface area contributed by atoms with Crippen molar-refractivity contribution in [1.29, 1.82) is 0 Å². The number of carbonyl (C=O) groups excluding carboxylic acids is 1. The van der Waals surface area contributed by atoms with E-state index in [0.29, 0.717) is 18.1 Å². The van der Waals surface area contributed by atoms with E-state index < -0.39 is 0 Å². The number of rotatable bonds is 3. The van der Waals surface area contributed by atoms with Crippen LogP contribution in [0.15, 0.2) is 18.2 Å². The first-order valence-corrected chi connectivity index (χ1v) is 6.91. The summed E-state index contributed by atoms with van der Waals surface area (Å²) in [5.41, 5.74) is 1.12. The van der Waals surface area contributed by atoms with Crippen LogP contribution in [0.3, 0.4) is 0 Å². The molecule has 1 aromatic rings. The Hall–Kier alpha value is -1.02. The summed E-state index contributed by atoms with van der Waals surface area (Å²) in [5.74, 6) is 1.71. The Morgan fingerprint density at radius 1 is 1.39 bits per heavy atom. The average Bonchev–Trinajstić information content (AvgIpc) is 2.54. The number of hydrogen-bond acceptors (Lipinski definition) is 2. The number of benzene rings is 1. The Morgan fingerprint density at radius 2 is 2.22 bits per heavy atom. The second-order valence-electron chi connectivity index (χ2n) is 5.01. The smallest absolute Gasteiger partial charge is 0.133 e. The van der Waals surface area contributed by atoms with E-state index in [0.717, 1.165) is 48.4 Å². The molecule has 0 N–H and O–H groups in total. The molecule has 0 aliphatic heterocycles. The first kappa shape index (κ1) is 13.4. The van der Waals surface area contributed by atoms with Crippen molar-refractivity contribution in [3.8, 4) is 5.75 Å². The SMILES string of the molecule is COc1ccc(Cl)cc1CC1CCCCC(=O)C1. The van der Waals surface area contributed by atoms with E-state index in [2.05, 4.69) is 0 Å². The molecule has 1 aliphatic rings. The molecule has 0 amide bonds. The highest BCUT2D eigenvalue weighted by Crippen LogP contribution is 2.30. The van der Waals surface area contributed by atoms with Crippen LogP contribution in [0, 0.1) is 5.92 Å². The van der Waals surface area contributed by atoms with Crippen LogP contribution in [0.5, 0.6) is 5.75 Å². The van der Waals surface area contributed by atoms with Crippen LogP contribution in [0.4, 0.5) is 0 Å². The number of ether oxygens (including phenoxy) is 1. The summed E-state index contributed by atoms with van der Waals surface area (Å²) in [6.45, 7) is 0. The van der Waals surface area contributed by atoms with Crippen molar-refractivity contribution in [2.24, 2.45) is 5.92 Å². The van der Waals surface area contributed by atoms with Gasteiger partial charge in [0, 0.05) is 17.9 Å². The van der Waals surface area contributed by atoms with Crippen molar-refractivity contribution in [2.45, 2.75) is 38.5 Å². The maximum atomic E-state index is 11.6. The summed E-state index contributed by atoms with van der Waals surface area (Å²) in [5, 5.41) is 0.728. The fourth-order valence-electron chi connectivity index (χ4n) is 2.67. The Morgan fingerprint density at radius 3 is 3.00 bits per heavy atom. The standard InChI is InChI=1S/C15H19ClO2/c1-18-15-7-6-13(16)10-12(15)8-11-4-2-3-5-14(17)9-11/h6-7,10-11H,2-5,8-9H2,1H3. The quantitative estimate of drug-likeness (QED) is 0.772. The maximum absolute atomic E-state index is 11.6. The number of methoxy groups -OCH3 is 1. The van der Waals surface area contributed by atoms with Gasteiger partial charge >= 0.3 is 0 Å². The highest BCUT2D eigenvalue weighted by atomic mass is 35.5. The van der Waals surface area contributed by atoms with Crippen molar-refractivity contribution in [3.05, 3.63) is 28.8 Å². The third-order valence-electron chi connectivity index (χ3n) is 3.59. The summed E-state index contributed by atoms with van der Waals surface area (Å²) >= 11 is 6.03. The van der Waals surface area contributed by atoms with Crippen LogP contribution in [0.2, 0.25) is 5.02 Å². The predicted molar refractivity (Wildman–Crippen MR) is 73.3 cm³/mol. The van der Waals surface area contributed by atoms with Crippen molar-refractivity contribution < 1.29 is 9.53 Å². The molecule has 0 bridgehead atoms. The zero-order chi connectivity index (χ0) is 13.0. The molecule has 98 valence electrons. The number of Topliss-reactive ketones (excluding diaryl/α,β-unsaturated/α-hetero) is 1. The van der Waals surface area contributed by atoms with Gasteiger partial charge in [0.1, 0.15) is 11.5 Å². The third-order valence-corrected chi connectivity index (χ3v) is 3.82. The molecule has 2 rings (SSSR count). The van der Waals surface area contributed by atoms with Crippen molar-refractivity contribution in [3.63, 3.8) is 0 Å². The molecule has 18 heavy (non-hydrogen) atoms. The highest BCUT2D eigenvalue weighted by Gasteiger charge is 2.19. The lowest BCUT2D eigenvalue weighted by atomic mass is 9.92. The summed E-state index contributed by atoms with van der Waals surface area (Å²) in [6.07, 6.45) is 5.66. The highest BCUT2D eigenvalue weighted by molar-refractivity contribution is 6.30. The van der Waals surface area contributed by atoms with Crippen molar-refractivity contribution in [1.82, 2.24) is 0 Å². The lowest BCUT2D eigenvalue weighted by molar-refractivity contribution is -0.119. The largest absolute Gasteiger partial charge is 0.496 e. The lowest BCUT2D eigenvalue weighted by Gasteiger charge is -2.15. The average molecular weight is 267 g/mol. The second-order valence-corrected chi connectivity index (χ2v) is 5.45. The molecule has 1 saturated carbocycles. The van der Waals surface area contributed by atoms with E-state index in [1.54, 1.807) is 7.11 Å². The first-order valence-electron chi connectivity index (χ1n) is 6.53. The molecule has 0 aromatic heterocycles. The van der Waals surface area contributed by atoms with E-state index in [-0.39, 0.29) is 0 Å². The molecule has 2 nitrogen and oxygen atoms in total. The number of ketones is 1. The molecule has 1 aromatic carbocycles. The van der Waals surface area contributed by atoms with E-state index in [1.807, 2.05) is 18.2 Å². The van der Waals surface area contributed by atoms with E-state index in [1.165, 1.54) is 0 Å². The zero-order valence-electron chi connectivity index (χ0n) is 10.7. The van der Waals surface area contributed by atoms with Gasteiger partial charge in [-0.1, -0.05) is 18.0 Å². The van der Waals surface area contributed by atoms with Crippen molar-refractivity contribution in [2.75, 3.05) is 7.11 Å². The zero-order valence-corrected chi connectivity index (χ0v) is 11.5. The third kappa shape index (κ3) is 3.49. The van der Waals surface area contributed by atoms with Gasteiger partial charge in [0.15, 0.2) is 0 Å². The van der Waals surface area contributed by atoms with Gasteiger partial charge in [-0.3, -0.25) is 4.79 Å². The molecule has 1 unspecified atom stereocenters. The van der Waals surface area contributed by atoms with Crippen LogP contribution >= 0.6 is 11.6 Å². The topological polar surface area (TPSA) is 26.3 Å². The summed E-state index contributed by atoms with van der Waals surface area (Å²) < 4.78 is 5.36. The molecule has 0 heterocycles. The molecule has 1 fully saturated rings. The van der Waals surface area contributed by atoms with Crippen molar-refractivity contribution >= 4 is 17.4 Å². The molecule has 1 atom stereocenters. The molecule has 0 radical (unpaired) electrons. The fourth-order valence-corrected chi connectivity index (χ4v) is 2.87. The molecule has 0 saturated heterocycles. The minimum Gasteiger partial charge on any atom is -0.496 e. The van der Waals surface area contributed by atoms with Gasteiger partial charge in [-0.05, 0) is 48.9 Å². The van der Waals surface area contributed by atoms with Gasteiger partial charge in [-0.2, -0.15) is 0 Å². The molecular formula is C15H19ClO2. The summed E-state index contributed by atoms with van der Waals surface area (Å²) in [4.78, 5) is 11.6. The van der Waals surface area contributed by atoms with Crippen LogP contribution in [-0.4, -0.2) is 12.9 Å². The number of hydrogen-bond donors (Lipinski definition) is 0. The molecule has 3 heteroatoms. The van der Waals surface area contributed by atoms with E-state index in [9.17, 15) is 4.79 Å². The molecular weight excluding hydrogens is 248 g/mol. The van der Waals surface area contributed by atoms with Gasteiger partial charge in [0.2, 0.25) is 0 Å². The van der Waals surface area contributed by atoms with Crippen LogP contribution in [0.1, 0.15) is 37.7 Å². The Labute approximate surface area is 113 Å². The van der Waals surface area contributed by atoms with E-state index >= 15 is 0 Å². The monoisotopic (exact) mass is 266 g/mol. The van der Waals surface area contributed by atoms with Gasteiger partial charge in [0.05, 0.1) is 7.11 Å². The van der Waals surface area contributed by atoms with Gasteiger partial charge < -0.3 is 4.74 Å². The van der Waals surface area contributed by atoms with Gasteiger partial charge in [0.25, 0.3) is 0 Å². The predicted octanol–water partition coefficient (Wildman–Crippen LogP) is 4.04. The fraction of sp³-hybridized carbons (Fsp3) is 0.533. The van der Waals surface area contributed by atoms with Gasteiger partial charge in [-0.25, -0.2) is 0 Å². The Bertz CT molecular complexity index is 429. The Kier molecular flexibility index (Phi) is 4.65. The second kappa shape index (κ2) is 6.24. The maximum Gasteiger partial charge on any atom is 0.133 e. The summed E-state index contributed by atoms with van der Waals surface area (Å²) in [7, 11) is 1.67. The lowest BCUT2D eigenvalue weighted by Crippen LogP contribution is -2.09.